The number of carbonyl (C=O) groups is 2. The van der Waals surface area contributed by atoms with Gasteiger partial charge >= 0.3 is 5.97 Å². The minimum atomic E-state index is -0.777. The van der Waals surface area contributed by atoms with Crippen molar-refractivity contribution in [2.24, 2.45) is 5.92 Å². The van der Waals surface area contributed by atoms with E-state index in [0.717, 1.165) is 24.5 Å². The molecule has 0 aromatic rings. The van der Waals surface area contributed by atoms with E-state index in [1.807, 2.05) is 0 Å². The predicted molar refractivity (Wildman–Crippen MR) is 64.6 cm³/mol. The highest BCUT2D eigenvalue weighted by Gasteiger charge is 2.27. The third-order valence-corrected chi connectivity index (χ3v) is 3.69. The van der Waals surface area contributed by atoms with Crippen LogP contribution in [0.5, 0.6) is 0 Å². The molecule has 0 aromatic heterocycles. The van der Waals surface area contributed by atoms with Gasteiger partial charge in [-0.15, -0.1) is 0 Å². The molecule has 4 nitrogen and oxygen atoms in total. The Bertz CT molecular complexity index is 258. The van der Waals surface area contributed by atoms with Crippen LogP contribution in [0.25, 0.3) is 0 Å². The molecule has 0 aliphatic carbocycles. The number of hydrogen-bond acceptors (Lipinski definition) is 3. The van der Waals surface area contributed by atoms with Gasteiger partial charge in [-0.2, -0.15) is 11.8 Å². The molecule has 1 N–H and O–H groups in total. The highest BCUT2D eigenvalue weighted by Crippen LogP contribution is 2.17. The van der Waals surface area contributed by atoms with E-state index in [1.165, 1.54) is 0 Å². The van der Waals surface area contributed by atoms with Crippen LogP contribution in [0.4, 0.5) is 0 Å². The fourth-order valence-electron chi connectivity index (χ4n) is 1.87. The highest BCUT2D eigenvalue weighted by atomic mass is 32.2. The number of carbonyl (C=O) groups excluding carboxylic acids is 1. The molecule has 1 unspecified atom stereocenters. The molecule has 1 saturated heterocycles. The molecule has 0 aromatic carbocycles. The monoisotopic (exact) mass is 245 g/mol. The van der Waals surface area contributed by atoms with E-state index in [4.69, 9.17) is 5.11 Å². The van der Waals surface area contributed by atoms with E-state index >= 15 is 0 Å². The van der Waals surface area contributed by atoms with Crippen molar-refractivity contribution in [2.75, 3.05) is 24.6 Å². The second kappa shape index (κ2) is 6.78. The van der Waals surface area contributed by atoms with E-state index in [-0.39, 0.29) is 11.8 Å². The number of rotatable bonds is 5. The van der Waals surface area contributed by atoms with Crippen molar-refractivity contribution in [3.8, 4) is 0 Å². The van der Waals surface area contributed by atoms with Crippen molar-refractivity contribution >= 4 is 23.6 Å². The molecule has 0 bridgehead atoms. The van der Waals surface area contributed by atoms with E-state index < -0.39 is 5.97 Å². The first-order chi connectivity index (χ1) is 7.65. The van der Waals surface area contributed by atoms with Crippen LogP contribution in [0.3, 0.4) is 0 Å². The number of aliphatic carboxylic acids is 1. The Balaban J connectivity index is 2.35. The SMILES string of the molecule is CCSCCC(=O)N1CCCC(C(=O)O)C1. The molecule has 1 heterocycles. The van der Waals surface area contributed by atoms with Crippen LogP contribution in [-0.4, -0.2) is 46.5 Å². The number of likely N-dealkylation sites (tertiary alicyclic amines) is 1. The maximum absolute atomic E-state index is 11.8. The Morgan fingerprint density at radius 2 is 2.25 bits per heavy atom. The number of carboxylic acids is 1. The van der Waals surface area contributed by atoms with Gasteiger partial charge in [0.2, 0.25) is 5.91 Å². The fourth-order valence-corrected chi connectivity index (χ4v) is 2.47. The maximum atomic E-state index is 11.8. The molecule has 1 aliphatic heterocycles. The Labute approximate surface area is 100 Å². The Morgan fingerprint density at radius 1 is 1.50 bits per heavy atom. The number of amides is 1. The fraction of sp³-hybridized carbons (Fsp3) is 0.818. The van der Waals surface area contributed by atoms with Gasteiger partial charge in [0, 0.05) is 25.3 Å². The lowest BCUT2D eigenvalue weighted by molar-refractivity contribution is -0.145. The third-order valence-electron chi connectivity index (χ3n) is 2.79. The Kier molecular flexibility index (Phi) is 5.66. The summed E-state index contributed by atoms with van der Waals surface area (Å²) in [5.74, 6) is 0.818. The summed E-state index contributed by atoms with van der Waals surface area (Å²) in [6.07, 6.45) is 2.04. The molecule has 1 atom stereocenters. The summed E-state index contributed by atoms with van der Waals surface area (Å²) in [6, 6.07) is 0. The van der Waals surface area contributed by atoms with Crippen LogP contribution in [0, 0.1) is 5.92 Å². The average Bonchev–Trinajstić information content (AvgIpc) is 2.29. The first kappa shape index (κ1) is 13.4. The van der Waals surface area contributed by atoms with Gasteiger partial charge in [-0.05, 0) is 18.6 Å². The molecule has 5 heteroatoms. The smallest absolute Gasteiger partial charge is 0.308 e. The van der Waals surface area contributed by atoms with Crippen molar-refractivity contribution in [2.45, 2.75) is 26.2 Å². The Morgan fingerprint density at radius 3 is 2.88 bits per heavy atom. The topological polar surface area (TPSA) is 57.6 Å². The van der Waals surface area contributed by atoms with Crippen LogP contribution < -0.4 is 0 Å². The van der Waals surface area contributed by atoms with Crippen LogP contribution in [0.1, 0.15) is 26.2 Å². The first-order valence-electron chi connectivity index (χ1n) is 5.73. The molecule has 1 aliphatic rings. The zero-order valence-electron chi connectivity index (χ0n) is 9.65. The molecular weight excluding hydrogens is 226 g/mol. The minimum Gasteiger partial charge on any atom is -0.481 e. The number of nitrogens with zero attached hydrogens (tertiary/aromatic N) is 1. The van der Waals surface area contributed by atoms with Crippen molar-refractivity contribution in [3.63, 3.8) is 0 Å². The first-order valence-corrected chi connectivity index (χ1v) is 6.89. The molecule has 1 fully saturated rings. The molecule has 16 heavy (non-hydrogen) atoms. The number of thioether (sulfide) groups is 1. The quantitative estimate of drug-likeness (QED) is 0.745. The lowest BCUT2D eigenvalue weighted by atomic mass is 9.98. The summed E-state index contributed by atoms with van der Waals surface area (Å²) in [5.41, 5.74) is 0. The Hall–Kier alpha value is -0.710. The molecule has 0 radical (unpaired) electrons. The third kappa shape index (κ3) is 4.04. The minimum absolute atomic E-state index is 0.104. The molecule has 0 saturated carbocycles. The molecule has 1 rings (SSSR count). The zero-order chi connectivity index (χ0) is 12.0. The largest absolute Gasteiger partial charge is 0.481 e. The van der Waals surface area contributed by atoms with Crippen LogP contribution in [-0.2, 0) is 9.59 Å². The van der Waals surface area contributed by atoms with Gasteiger partial charge in [0.05, 0.1) is 5.92 Å². The van der Waals surface area contributed by atoms with Crippen molar-refractivity contribution in [1.82, 2.24) is 4.90 Å². The van der Waals surface area contributed by atoms with E-state index in [0.29, 0.717) is 19.4 Å². The van der Waals surface area contributed by atoms with Gasteiger partial charge in [-0.1, -0.05) is 6.92 Å². The maximum Gasteiger partial charge on any atom is 0.308 e. The molecule has 1 amide bonds. The van der Waals surface area contributed by atoms with Crippen LogP contribution >= 0.6 is 11.8 Å². The number of carboxylic acid groups (broad SMARTS) is 1. The second-order valence-corrected chi connectivity index (χ2v) is 5.36. The average molecular weight is 245 g/mol. The van der Waals surface area contributed by atoms with Gasteiger partial charge in [0.25, 0.3) is 0 Å². The summed E-state index contributed by atoms with van der Waals surface area (Å²) in [4.78, 5) is 24.3. The summed E-state index contributed by atoms with van der Waals surface area (Å²) < 4.78 is 0. The van der Waals surface area contributed by atoms with Gasteiger partial charge in [0.15, 0.2) is 0 Å². The van der Waals surface area contributed by atoms with Crippen molar-refractivity contribution in [1.29, 1.82) is 0 Å². The van der Waals surface area contributed by atoms with Gasteiger partial charge in [-0.3, -0.25) is 9.59 Å². The molecule has 92 valence electrons. The van der Waals surface area contributed by atoms with E-state index in [1.54, 1.807) is 16.7 Å². The van der Waals surface area contributed by atoms with Gasteiger partial charge in [0.1, 0.15) is 0 Å². The lowest BCUT2D eigenvalue weighted by Gasteiger charge is -2.30. The highest BCUT2D eigenvalue weighted by molar-refractivity contribution is 7.99. The summed E-state index contributed by atoms with van der Waals surface area (Å²) in [5, 5.41) is 8.91. The van der Waals surface area contributed by atoms with Crippen LogP contribution in [0.15, 0.2) is 0 Å². The second-order valence-electron chi connectivity index (χ2n) is 3.96. The van der Waals surface area contributed by atoms with Gasteiger partial charge in [-0.25, -0.2) is 0 Å². The van der Waals surface area contributed by atoms with Gasteiger partial charge < -0.3 is 10.0 Å². The summed E-state index contributed by atoms with van der Waals surface area (Å²) >= 11 is 1.74. The normalized spacial score (nSPS) is 20.8. The van der Waals surface area contributed by atoms with E-state index in [9.17, 15) is 9.59 Å². The molecular formula is C11H19NO3S. The number of piperidine rings is 1. The van der Waals surface area contributed by atoms with E-state index in [2.05, 4.69) is 6.92 Å². The summed E-state index contributed by atoms with van der Waals surface area (Å²) in [7, 11) is 0. The predicted octanol–water partition coefficient (Wildman–Crippen LogP) is 1.45. The van der Waals surface area contributed by atoms with Crippen LogP contribution in [0.2, 0.25) is 0 Å². The lowest BCUT2D eigenvalue weighted by Crippen LogP contribution is -2.42. The summed E-state index contributed by atoms with van der Waals surface area (Å²) in [6.45, 7) is 3.18. The zero-order valence-corrected chi connectivity index (χ0v) is 10.5. The standard InChI is InChI=1S/C11H19NO3S/c1-2-16-7-5-10(13)12-6-3-4-9(8-12)11(14)15/h9H,2-8H2,1H3,(H,14,15). The number of hydrogen-bond donors (Lipinski definition) is 1. The van der Waals surface area contributed by atoms with Crippen molar-refractivity contribution in [3.05, 3.63) is 0 Å². The van der Waals surface area contributed by atoms with Crippen molar-refractivity contribution < 1.29 is 14.7 Å². The molecule has 0 spiro atoms.